The van der Waals surface area contributed by atoms with Crippen LogP contribution in [0.1, 0.15) is 38.7 Å². The molecule has 0 saturated carbocycles. The SMILES string of the molecule is CC(C)CNC(=O)[C@H]1Cc2cc([N+](=O)[O-])ccc2N2CCCC[C@H]12. The van der Waals surface area contributed by atoms with E-state index < -0.39 is 0 Å². The van der Waals surface area contributed by atoms with Crippen molar-refractivity contribution in [3.05, 3.63) is 33.9 Å². The summed E-state index contributed by atoms with van der Waals surface area (Å²) in [5.41, 5.74) is 2.09. The van der Waals surface area contributed by atoms with Gasteiger partial charge in [0.15, 0.2) is 0 Å². The molecule has 0 spiro atoms. The maximum absolute atomic E-state index is 12.7. The minimum Gasteiger partial charge on any atom is -0.368 e. The van der Waals surface area contributed by atoms with Gasteiger partial charge in [0, 0.05) is 37.0 Å². The van der Waals surface area contributed by atoms with Crippen molar-refractivity contribution in [3.63, 3.8) is 0 Å². The molecule has 0 bridgehead atoms. The number of nitro benzene ring substituents is 1. The third kappa shape index (κ3) is 3.23. The molecule has 2 aliphatic rings. The van der Waals surface area contributed by atoms with Crippen LogP contribution in [0.15, 0.2) is 18.2 Å². The van der Waals surface area contributed by atoms with E-state index in [1.165, 1.54) is 0 Å². The lowest BCUT2D eigenvalue weighted by Gasteiger charge is -2.46. The zero-order chi connectivity index (χ0) is 17.3. The maximum Gasteiger partial charge on any atom is 0.269 e. The van der Waals surface area contributed by atoms with Gasteiger partial charge in [-0.25, -0.2) is 0 Å². The molecule has 0 unspecified atom stereocenters. The maximum atomic E-state index is 12.7. The van der Waals surface area contributed by atoms with Crippen LogP contribution in [0.25, 0.3) is 0 Å². The smallest absolute Gasteiger partial charge is 0.269 e. The highest BCUT2D eigenvalue weighted by molar-refractivity contribution is 5.82. The number of hydrogen-bond acceptors (Lipinski definition) is 4. The molecule has 2 heterocycles. The lowest BCUT2D eigenvalue weighted by molar-refractivity contribution is -0.384. The van der Waals surface area contributed by atoms with Crippen molar-refractivity contribution >= 4 is 17.3 Å². The molecule has 1 fully saturated rings. The molecular weight excluding hydrogens is 306 g/mol. The fourth-order valence-electron chi connectivity index (χ4n) is 3.88. The Morgan fingerprint density at radius 1 is 1.42 bits per heavy atom. The molecule has 1 aromatic carbocycles. The molecule has 0 radical (unpaired) electrons. The standard InChI is InChI=1S/C18H25N3O3/c1-12(2)11-19-18(22)15-10-13-9-14(21(23)24)6-7-16(13)20-8-4-3-5-17(15)20/h6-7,9,12,15,17H,3-5,8,10-11H2,1-2H3,(H,19,22)/t15-,17+/m0/s1. The Hall–Kier alpha value is -2.11. The molecule has 3 rings (SSSR count). The number of rotatable bonds is 4. The van der Waals surface area contributed by atoms with Crippen molar-refractivity contribution in [1.29, 1.82) is 0 Å². The molecule has 0 aliphatic carbocycles. The summed E-state index contributed by atoms with van der Waals surface area (Å²) in [5.74, 6) is 0.365. The van der Waals surface area contributed by atoms with Crippen LogP contribution in [0.4, 0.5) is 11.4 Å². The van der Waals surface area contributed by atoms with Gasteiger partial charge in [0.05, 0.1) is 10.8 Å². The van der Waals surface area contributed by atoms with Crippen LogP contribution in [0, 0.1) is 22.0 Å². The van der Waals surface area contributed by atoms with E-state index >= 15 is 0 Å². The van der Waals surface area contributed by atoms with Crippen molar-refractivity contribution in [2.24, 2.45) is 11.8 Å². The Morgan fingerprint density at radius 3 is 2.92 bits per heavy atom. The van der Waals surface area contributed by atoms with Crippen LogP contribution in [0.3, 0.4) is 0 Å². The van der Waals surface area contributed by atoms with Gasteiger partial charge in [-0.1, -0.05) is 13.8 Å². The second-order valence-electron chi connectivity index (χ2n) is 7.28. The van der Waals surface area contributed by atoms with Gasteiger partial charge in [0.25, 0.3) is 5.69 Å². The monoisotopic (exact) mass is 331 g/mol. The molecule has 0 aromatic heterocycles. The van der Waals surface area contributed by atoms with Gasteiger partial charge >= 0.3 is 0 Å². The number of hydrogen-bond donors (Lipinski definition) is 1. The van der Waals surface area contributed by atoms with E-state index in [0.717, 1.165) is 37.1 Å². The Labute approximate surface area is 142 Å². The average Bonchev–Trinajstić information content (AvgIpc) is 2.58. The summed E-state index contributed by atoms with van der Waals surface area (Å²) >= 11 is 0. The highest BCUT2D eigenvalue weighted by Crippen LogP contribution is 2.39. The summed E-state index contributed by atoms with van der Waals surface area (Å²) in [6, 6.07) is 5.28. The molecule has 130 valence electrons. The number of anilines is 1. The number of carbonyl (C=O) groups excluding carboxylic acids is 1. The van der Waals surface area contributed by atoms with Crippen molar-refractivity contribution in [2.75, 3.05) is 18.0 Å². The van der Waals surface area contributed by atoms with Crippen molar-refractivity contribution < 1.29 is 9.72 Å². The quantitative estimate of drug-likeness (QED) is 0.680. The summed E-state index contributed by atoms with van der Waals surface area (Å²) < 4.78 is 0. The molecule has 1 saturated heterocycles. The van der Waals surface area contributed by atoms with Crippen LogP contribution < -0.4 is 10.2 Å². The van der Waals surface area contributed by atoms with Gasteiger partial charge < -0.3 is 10.2 Å². The predicted molar refractivity (Wildman–Crippen MR) is 93.1 cm³/mol. The average molecular weight is 331 g/mol. The van der Waals surface area contributed by atoms with E-state index in [-0.39, 0.29) is 28.5 Å². The fraction of sp³-hybridized carbons (Fsp3) is 0.611. The Morgan fingerprint density at radius 2 is 2.21 bits per heavy atom. The van der Waals surface area contributed by atoms with Gasteiger partial charge in [-0.15, -0.1) is 0 Å². The zero-order valence-electron chi connectivity index (χ0n) is 14.3. The predicted octanol–water partition coefficient (Wildman–Crippen LogP) is 2.90. The van der Waals surface area contributed by atoms with E-state index in [1.807, 2.05) is 6.07 Å². The normalized spacial score (nSPS) is 22.7. The van der Waals surface area contributed by atoms with Crippen LogP contribution in [0.5, 0.6) is 0 Å². The van der Waals surface area contributed by atoms with E-state index in [0.29, 0.717) is 18.9 Å². The van der Waals surface area contributed by atoms with Gasteiger partial charge in [0.2, 0.25) is 5.91 Å². The first-order chi connectivity index (χ1) is 11.5. The van der Waals surface area contributed by atoms with Crippen LogP contribution in [0.2, 0.25) is 0 Å². The Bertz CT molecular complexity index is 644. The van der Waals surface area contributed by atoms with E-state index in [4.69, 9.17) is 0 Å². The second kappa shape index (κ2) is 6.79. The molecule has 2 aliphatic heterocycles. The number of amides is 1. The summed E-state index contributed by atoms with van der Waals surface area (Å²) in [5, 5.41) is 14.1. The van der Waals surface area contributed by atoms with Gasteiger partial charge in [-0.2, -0.15) is 0 Å². The number of benzene rings is 1. The number of fused-ring (bicyclic) bond motifs is 3. The third-order valence-electron chi connectivity index (χ3n) is 5.06. The van der Waals surface area contributed by atoms with Crippen LogP contribution in [-0.2, 0) is 11.2 Å². The molecule has 2 atom stereocenters. The summed E-state index contributed by atoms with van der Waals surface area (Å²) in [6.07, 6.45) is 3.84. The van der Waals surface area contributed by atoms with Crippen LogP contribution in [-0.4, -0.2) is 30.0 Å². The largest absolute Gasteiger partial charge is 0.368 e. The molecular formula is C18H25N3O3. The molecule has 1 aromatic rings. The molecule has 1 amide bonds. The zero-order valence-corrected chi connectivity index (χ0v) is 14.3. The van der Waals surface area contributed by atoms with E-state index in [2.05, 4.69) is 24.1 Å². The van der Waals surface area contributed by atoms with Crippen LogP contribution >= 0.6 is 0 Å². The topological polar surface area (TPSA) is 75.5 Å². The molecule has 6 nitrogen and oxygen atoms in total. The van der Waals surface area contributed by atoms with Gasteiger partial charge in [-0.3, -0.25) is 14.9 Å². The number of nitro groups is 1. The lowest BCUT2D eigenvalue weighted by atomic mass is 9.80. The number of nitrogens with zero attached hydrogens (tertiary/aromatic N) is 2. The molecule has 1 N–H and O–H groups in total. The third-order valence-corrected chi connectivity index (χ3v) is 5.06. The Kier molecular flexibility index (Phi) is 4.73. The highest BCUT2D eigenvalue weighted by atomic mass is 16.6. The van der Waals surface area contributed by atoms with Crippen molar-refractivity contribution in [2.45, 2.75) is 45.6 Å². The fourth-order valence-corrected chi connectivity index (χ4v) is 3.88. The summed E-state index contributed by atoms with van der Waals surface area (Å²) in [6.45, 7) is 5.74. The highest BCUT2D eigenvalue weighted by Gasteiger charge is 2.39. The number of nitrogens with one attached hydrogen (secondary N) is 1. The van der Waals surface area contributed by atoms with Crippen molar-refractivity contribution in [3.8, 4) is 0 Å². The first-order valence-electron chi connectivity index (χ1n) is 8.79. The summed E-state index contributed by atoms with van der Waals surface area (Å²) in [7, 11) is 0. The second-order valence-corrected chi connectivity index (χ2v) is 7.28. The van der Waals surface area contributed by atoms with Gasteiger partial charge in [-0.05, 0) is 43.2 Å². The molecule has 6 heteroatoms. The lowest BCUT2D eigenvalue weighted by Crippen LogP contribution is -2.53. The van der Waals surface area contributed by atoms with E-state index in [9.17, 15) is 14.9 Å². The first-order valence-corrected chi connectivity index (χ1v) is 8.79. The van der Waals surface area contributed by atoms with Crippen molar-refractivity contribution in [1.82, 2.24) is 5.32 Å². The minimum atomic E-state index is -0.365. The number of carbonyl (C=O) groups is 1. The van der Waals surface area contributed by atoms with E-state index in [1.54, 1.807) is 12.1 Å². The molecule has 24 heavy (non-hydrogen) atoms. The first kappa shape index (κ1) is 16.7. The Balaban J connectivity index is 1.90. The number of piperidine rings is 1. The number of non-ortho nitro benzene ring substituents is 1. The summed E-state index contributed by atoms with van der Waals surface area (Å²) in [4.78, 5) is 25.7. The van der Waals surface area contributed by atoms with Gasteiger partial charge in [0.1, 0.15) is 0 Å². The minimum absolute atomic E-state index is 0.0813.